The Kier molecular flexibility index (Phi) is 4.42. The van der Waals surface area contributed by atoms with Crippen LogP contribution in [0.3, 0.4) is 0 Å². The normalized spacial score (nSPS) is 37.3. The molecule has 1 aromatic carbocycles. The van der Waals surface area contributed by atoms with Gasteiger partial charge in [-0.15, -0.1) is 0 Å². The maximum Gasteiger partial charge on any atom is 0.338 e. The van der Waals surface area contributed by atoms with E-state index in [0.717, 1.165) is 43.7 Å². The second-order valence-electron chi connectivity index (χ2n) is 10.2. The highest BCUT2D eigenvalue weighted by molar-refractivity contribution is 7.85. The summed E-state index contributed by atoms with van der Waals surface area (Å²) in [4.78, 5) is 12.3. The van der Waals surface area contributed by atoms with Crippen molar-refractivity contribution in [3.8, 4) is 5.75 Å². The predicted molar refractivity (Wildman–Crippen MR) is 111 cm³/mol. The lowest BCUT2D eigenvalue weighted by Gasteiger charge is -2.79. The molecule has 0 aromatic heterocycles. The molecule has 0 amide bonds. The van der Waals surface area contributed by atoms with Crippen LogP contribution in [-0.2, 0) is 14.9 Å². The molecule has 4 bridgehead atoms. The number of carbonyl (C=O) groups excluding carboxylic acids is 1. The Hall–Kier alpha value is -1.93. The molecular weight excluding hydrogens is 423 g/mol. The molecule has 7 aliphatic carbocycles. The van der Waals surface area contributed by atoms with Crippen molar-refractivity contribution in [2.75, 3.05) is 12.4 Å². The third-order valence-electron chi connectivity index (χ3n) is 8.13. The SMILES string of the molecule is C=C(C)C1(Oc2cc(C(=O)OCCS(=O)(=O)O)ccc2F)C2CC3CC4(C2)CC1(C3)C4. The molecule has 6 nitrogen and oxygen atoms in total. The van der Waals surface area contributed by atoms with Crippen molar-refractivity contribution in [3.05, 3.63) is 41.7 Å². The zero-order valence-electron chi connectivity index (χ0n) is 17.5. The second kappa shape index (κ2) is 6.54. The van der Waals surface area contributed by atoms with Crippen molar-refractivity contribution in [2.45, 2.75) is 51.0 Å². The first-order chi connectivity index (χ1) is 14.5. The number of ether oxygens (including phenoxy) is 2. The highest BCUT2D eigenvalue weighted by atomic mass is 32.2. The van der Waals surface area contributed by atoms with Crippen LogP contribution in [0, 0.1) is 28.5 Å². The van der Waals surface area contributed by atoms with Gasteiger partial charge >= 0.3 is 5.97 Å². The zero-order chi connectivity index (χ0) is 22.2. The molecule has 7 aliphatic rings. The molecule has 2 spiro atoms. The van der Waals surface area contributed by atoms with E-state index in [1.165, 1.54) is 18.6 Å². The van der Waals surface area contributed by atoms with Crippen LogP contribution in [0.25, 0.3) is 0 Å². The van der Waals surface area contributed by atoms with Gasteiger partial charge in [0.1, 0.15) is 18.0 Å². The molecule has 0 aliphatic heterocycles. The lowest BCUT2D eigenvalue weighted by molar-refractivity contribution is -0.308. The number of esters is 1. The van der Waals surface area contributed by atoms with Gasteiger partial charge < -0.3 is 9.47 Å². The third-order valence-corrected chi connectivity index (χ3v) is 8.82. The molecule has 8 heteroatoms. The van der Waals surface area contributed by atoms with E-state index in [2.05, 4.69) is 6.58 Å². The van der Waals surface area contributed by atoms with E-state index in [4.69, 9.17) is 14.0 Å². The van der Waals surface area contributed by atoms with Crippen LogP contribution in [0.2, 0.25) is 0 Å². The van der Waals surface area contributed by atoms with Gasteiger partial charge in [0, 0.05) is 11.3 Å². The lowest BCUT2D eigenvalue weighted by atomic mass is 9.27. The van der Waals surface area contributed by atoms with Crippen LogP contribution < -0.4 is 4.74 Å². The molecule has 1 aromatic rings. The molecule has 0 radical (unpaired) electrons. The fraction of sp³-hybridized carbons (Fsp3) is 0.609. The summed E-state index contributed by atoms with van der Waals surface area (Å²) in [5, 5.41) is 0. The van der Waals surface area contributed by atoms with E-state index in [9.17, 15) is 17.6 Å². The topological polar surface area (TPSA) is 89.9 Å². The first-order valence-electron chi connectivity index (χ1n) is 10.7. The minimum Gasteiger partial charge on any atom is -0.479 e. The van der Waals surface area contributed by atoms with Crippen LogP contribution >= 0.6 is 0 Å². The second-order valence-corrected chi connectivity index (χ2v) is 11.8. The number of rotatable bonds is 7. The zero-order valence-corrected chi connectivity index (χ0v) is 18.3. The average molecular weight is 451 g/mol. The molecule has 3 atom stereocenters. The highest BCUT2D eigenvalue weighted by Crippen LogP contribution is 2.82. The fourth-order valence-corrected chi connectivity index (χ4v) is 8.05. The number of carbonyl (C=O) groups is 1. The van der Waals surface area contributed by atoms with Gasteiger partial charge in [0.05, 0.1) is 5.56 Å². The minimum atomic E-state index is -4.24. The van der Waals surface area contributed by atoms with Gasteiger partial charge in [0.25, 0.3) is 10.1 Å². The van der Waals surface area contributed by atoms with Crippen molar-refractivity contribution >= 4 is 16.1 Å². The van der Waals surface area contributed by atoms with E-state index in [1.807, 2.05) is 6.92 Å². The Morgan fingerprint density at radius 3 is 2.65 bits per heavy atom. The monoisotopic (exact) mass is 450 g/mol. The smallest absolute Gasteiger partial charge is 0.338 e. The van der Waals surface area contributed by atoms with Gasteiger partial charge in [-0.1, -0.05) is 6.58 Å². The van der Waals surface area contributed by atoms with Crippen LogP contribution in [0.1, 0.15) is 55.8 Å². The third kappa shape index (κ3) is 3.05. The summed E-state index contributed by atoms with van der Waals surface area (Å²) < 4.78 is 56.7. The molecule has 0 heterocycles. The van der Waals surface area contributed by atoms with Gasteiger partial charge in [0.15, 0.2) is 11.6 Å². The molecule has 0 saturated heterocycles. The van der Waals surface area contributed by atoms with E-state index in [0.29, 0.717) is 17.3 Å². The predicted octanol–water partition coefficient (Wildman–Crippen LogP) is 4.16. The summed E-state index contributed by atoms with van der Waals surface area (Å²) in [6.45, 7) is 5.74. The first kappa shape index (κ1) is 20.9. The average Bonchev–Trinajstić information content (AvgIpc) is 2.63. The Labute approximate surface area is 181 Å². The number of hydrogen-bond donors (Lipinski definition) is 1. The molecule has 1 N–H and O–H groups in total. The number of benzene rings is 1. The Balaban J connectivity index is 1.42. The van der Waals surface area contributed by atoms with Crippen molar-refractivity contribution in [3.63, 3.8) is 0 Å². The summed E-state index contributed by atoms with van der Waals surface area (Å²) in [7, 11) is -4.24. The Morgan fingerprint density at radius 2 is 2.03 bits per heavy atom. The Bertz CT molecular complexity index is 1060. The first-order valence-corrected chi connectivity index (χ1v) is 12.4. The van der Waals surface area contributed by atoms with Crippen molar-refractivity contribution in [1.29, 1.82) is 0 Å². The van der Waals surface area contributed by atoms with Crippen molar-refractivity contribution in [1.82, 2.24) is 0 Å². The van der Waals surface area contributed by atoms with Gasteiger partial charge in [-0.05, 0) is 80.6 Å². The molecule has 3 unspecified atom stereocenters. The number of hydrogen-bond acceptors (Lipinski definition) is 5. The quantitative estimate of drug-likeness (QED) is 0.381. The fourth-order valence-electron chi connectivity index (χ4n) is 7.75. The largest absolute Gasteiger partial charge is 0.479 e. The van der Waals surface area contributed by atoms with Crippen LogP contribution in [0.4, 0.5) is 4.39 Å². The molecule has 7 saturated carbocycles. The van der Waals surface area contributed by atoms with Crippen molar-refractivity contribution in [2.24, 2.45) is 22.7 Å². The Morgan fingerprint density at radius 1 is 1.29 bits per heavy atom. The maximum absolute atomic E-state index is 14.8. The van der Waals surface area contributed by atoms with Crippen molar-refractivity contribution < 1.29 is 31.6 Å². The van der Waals surface area contributed by atoms with E-state index < -0.39 is 39.9 Å². The van der Waals surface area contributed by atoms with Gasteiger partial charge in [-0.2, -0.15) is 8.42 Å². The van der Waals surface area contributed by atoms with Gasteiger partial charge in [-0.3, -0.25) is 4.55 Å². The molecular formula is C23H27FO6S. The van der Waals surface area contributed by atoms with Gasteiger partial charge in [0.2, 0.25) is 0 Å². The molecule has 168 valence electrons. The number of halogens is 1. The van der Waals surface area contributed by atoms with E-state index >= 15 is 0 Å². The molecule has 8 rings (SSSR count). The van der Waals surface area contributed by atoms with Crippen LogP contribution in [-0.4, -0.2) is 36.9 Å². The summed E-state index contributed by atoms with van der Waals surface area (Å²) >= 11 is 0. The van der Waals surface area contributed by atoms with Gasteiger partial charge in [-0.25, -0.2) is 9.18 Å². The lowest BCUT2D eigenvalue weighted by Crippen LogP contribution is -2.77. The summed E-state index contributed by atoms with van der Waals surface area (Å²) in [6, 6.07) is 3.77. The minimum absolute atomic E-state index is 0.00460. The van der Waals surface area contributed by atoms with E-state index in [1.54, 1.807) is 0 Å². The summed E-state index contributed by atoms with van der Waals surface area (Å²) in [6.07, 6.45) is 6.72. The van der Waals surface area contributed by atoms with Crippen LogP contribution in [0.15, 0.2) is 30.4 Å². The summed E-state index contributed by atoms with van der Waals surface area (Å²) in [5.41, 5.74) is 0.758. The standard InChI is InChI=1S/C23H27FO6S/c1-14(2)23(17-7-15-9-21(11-17)12-22(23,10-15)13-21)30-19-8-16(3-4-18(19)24)20(25)29-5-6-31(26,27)28/h3-4,8,15,17H,1,5-7,9-13H2,2H3,(H,26,27,28). The molecule has 7 fully saturated rings. The van der Waals surface area contributed by atoms with Crippen LogP contribution in [0.5, 0.6) is 5.75 Å². The maximum atomic E-state index is 14.8. The van der Waals surface area contributed by atoms with E-state index in [-0.39, 0.29) is 16.7 Å². The molecule has 31 heavy (non-hydrogen) atoms. The highest BCUT2D eigenvalue weighted by Gasteiger charge is 2.78. The summed E-state index contributed by atoms with van der Waals surface area (Å²) in [5.74, 6) is -1.06.